The molecule has 0 saturated carbocycles. The van der Waals surface area contributed by atoms with Gasteiger partial charge in [-0.2, -0.15) is 0 Å². The van der Waals surface area contributed by atoms with E-state index in [2.05, 4.69) is 6.58 Å². The molecule has 0 aliphatic carbocycles. The summed E-state index contributed by atoms with van der Waals surface area (Å²) in [6.45, 7) is 5.36. The SMILES string of the molecule is C=C[CH-]C. The number of allylic oxidation sites excluding steroid dienone is 1. The van der Waals surface area contributed by atoms with Crippen molar-refractivity contribution in [1.82, 2.24) is 0 Å². The summed E-state index contributed by atoms with van der Waals surface area (Å²) < 4.78 is 0. The van der Waals surface area contributed by atoms with Gasteiger partial charge in [-0.05, 0) is 0 Å². The Morgan fingerprint density at radius 2 is 2.25 bits per heavy atom. The van der Waals surface area contributed by atoms with Crippen molar-refractivity contribution in [3.8, 4) is 0 Å². The van der Waals surface area contributed by atoms with E-state index in [9.17, 15) is 0 Å². The fourth-order valence-corrected chi connectivity index (χ4v) is 0. The Morgan fingerprint density at radius 1 is 2.00 bits per heavy atom. The van der Waals surface area contributed by atoms with E-state index < -0.39 is 0 Å². The summed E-state index contributed by atoms with van der Waals surface area (Å²) in [6.07, 6.45) is 3.64. The first-order valence-corrected chi connectivity index (χ1v) is 1.32. The molecule has 0 aromatic heterocycles. The van der Waals surface area contributed by atoms with Crippen LogP contribution in [0.1, 0.15) is 6.92 Å². The minimum Gasteiger partial charge on any atom is -0.245 e. The summed E-state index contributed by atoms with van der Waals surface area (Å²) in [4.78, 5) is 0. The molecular formula is C4H7-. The van der Waals surface area contributed by atoms with Gasteiger partial charge in [0.25, 0.3) is 0 Å². The molecule has 0 bridgehead atoms. The Labute approximate surface area is 27.1 Å². The van der Waals surface area contributed by atoms with Gasteiger partial charge >= 0.3 is 0 Å². The van der Waals surface area contributed by atoms with Crippen LogP contribution in [0.4, 0.5) is 0 Å². The van der Waals surface area contributed by atoms with Crippen molar-refractivity contribution in [2.75, 3.05) is 0 Å². The molecule has 0 amide bonds. The van der Waals surface area contributed by atoms with E-state index in [0.717, 1.165) is 0 Å². The predicted octanol–water partition coefficient (Wildman–Crippen LogP) is 1.40. The molecule has 0 unspecified atom stereocenters. The van der Waals surface area contributed by atoms with Gasteiger partial charge in [0.05, 0.1) is 0 Å². The molecule has 0 fully saturated rings. The van der Waals surface area contributed by atoms with Gasteiger partial charge < -0.3 is 0 Å². The molecule has 0 aliphatic rings. The van der Waals surface area contributed by atoms with Gasteiger partial charge in [0, 0.05) is 0 Å². The van der Waals surface area contributed by atoms with Gasteiger partial charge in [0.1, 0.15) is 0 Å². The molecule has 0 aliphatic heterocycles. The van der Waals surface area contributed by atoms with Crippen LogP contribution >= 0.6 is 0 Å². The van der Waals surface area contributed by atoms with Gasteiger partial charge in [-0.25, -0.2) is 19.1 Å². The number of hydrogen-bond donors (Lipinski definition) is 0. The van der Waals surface area contributed by atoms with Crippen LogP contribution in [0, 0.1) is 6.42 Å². The van der Waals surface area contributed by atoms with Crippen LogP contribution in [0.25, 0.3) is 0 Å². The summed E-state index contributed by atoms with van der Waals surface area (Å²) in [5, 5.41) is 0. The van der Waals surface area contributed by atoms with E-state index >= 15 is 0 Å². The highest BCUT2D eigenvalue weighted by Gasteiger charge is 1.30. The van der Waals surface area contributed by atoms with Gasteiger partial charge in [-0.1, -0.05) is 0 Å². The summed E-state index contributed by atoms with van der Waals surface area (Å²) in [5.41, 5.74) is 0. The Bertz CT molecular complexity index is 14.0. The van der Waals surface area contributed by atoms with Crippen molar-refractivity contribution in [2.45, 2.75) is 6.92 Å². The Kier molecular flexibility index (Phi) is 2.36. The molecule has 4 heavy (non-hydrogen) atoms. The van der Waals surface area contributed by atoms with E-state index in [1.54, 1.807) is 6.08 Å². The van der Waals surface area contributed by atoms with Crippen LogP contribution in [0.2, 0.25) is 0 Å². The molecule has 0 N–H and O–H groups in total. The second kappa shape index (κ2) is 2.61. The van der Waals surface area contributed by atoms with Gasteiger partial charge in [0.15, 0.2) is 0 Å². The monoisotopic (exact) mass is 55.1 g/mol. The maximum atomic E-state index is 3.42. The molecular weight excluding hydrogens is 48.0 g/mol. The number of rotatable bonds is 1. The fourth-order valence-electron chi connectivity index (χ4n) is 0. The molecule has 0 radical (unpaired) electrons. The van der Waals surface area contributed by atoms with Crippen LogP contribution < -0.4 is 0 Å². The Balaban J connectivity index is 2.30. The Morgan fingerprint density at radius 3 is 2.25 bits per heavy atom. The van der Waals surface area contributed by atoms with Crippen molar-refractivity contribution in [1.29, 1.82) is 0 Å². The van der Waals surface area contributed by atoms with Crippen LogP contribution in [0.3, 0.4) is 0 Å². The summed E-state index contributed by atoms with van der Waals surface area (Å²) in [5.74, 6) is 0. The molecule has 0 heteroatoms. The first-order chi connectivity index (χ1) is 1.91. The summed E-state index contributed by atoms with van der Waals surface area (Å²) in [6, 6.07) is 0. The lowest BCUT2D eigenvalue weighted by Gasteiger charge is -1.72. The molecule has 0 saturated heterocycles. The summed E-state index contributed by atoms with van der Waals surface area (Å²) in [7, 11) is 0. The smallest absolute Gasteiger partial charge is 0.113 e. The van der Waals surface area contributed by atoms with E-state index in [1.807, 2.05) is 13.3 Å². The first kappa shape index (κ1) is 3.61. The van der Waals surface area contributed by atoms with Crippen molar-refractivity contribution in [2.24, 2.45) is 0 Å². The topological polar surface area (TPSA) is 0 Å². The number of hydrogen-bond acceptors (Lipinski definition) is 0. The lowest BCUT2D eigenvalue weighted by atomic mass is 10.5. The third kappa shape index (κ3) is 1.61. The quantitative estimate of drug-likeness (QED) is 0.397. The molecule has 0 aromatic carbocycles. The largest absolute Gasteiger partial charge is 0.245 e. The molecule has 0 heterocycles. The van der Waals surface area contributed by atoms with Crippen LogP contribution in [0.15, 0.2) is 12.7 Å². The zero-order valence-corrected chi connectivity index (χ0v) is 2.86. The third-order valence-corrected chi connectivity index (χ3v) is 0.236. The highest BCUT2D eigenvalue weighted by atomic mass is 13.5. The zero-order chi connectivity index (χ0) is 3.41. The van der Waals surface area contributed by atoms with Crippen molar-refractivity contribution < 1.29 is 0 Å². The minimum absolute atomic E-state index is 1.75. The lowest BCUT2D eigenvalue weighted by molar-refractivity contribution is 1.57. The average molecular weight is 55.1 g/mol. The lowest BCUT2D eigenvalue weighted by Crippen LogP contribution is -1.39. The van der Waals surface area contributed by atoms with Crippen LogP contribution in [-0.4, -0.2) is 0 Å². The van der Waals surface area contributed by atoms with E-state index in [4.69, 9.17) is 0 Å². The first-order valence-electron chi connectivity index (χ1n) is 1.32. The second-order valence-electron chi connectivity index (χ2n) is 0.569. The van der Waals surface area contributed by atoms with Crippen molar-refractivity contribution >= 4 is 0 Å². The molecule has 0 spiro atoms. The predicted molar refractivity (Wildman–Crippen MR) is 20.2 cm³/mol. The molecule has 24 valence electrons. The Hall–Kier alpha value is -0.390. The van der Waals surface area contributed by atoms with Crippen LogP contribution in [-0.2, 0) is 0 Å². The third-order valence-electron chi connectivity index (χ3n) is 0.236. The van der Waals surface area contributed by atoms with E-state index in [1.165, 1.54) is 0 Å². The second-order valence-corrected chi connectivity index (χ2v) is 0.569. The molecule has 0 aromatic rings. The van der Waals surface area contributed by atoms with Gasteiger partial charge in [0.2, 0.25) is 0 Å². The maximum absolute atomic E-state index is 3.42. The minimum atomic E-state index is 1.75. The van der Waals surface area contributed by atoms with E-state index in [-0.39, 0.29) is 0 Å². The fraction of sp³-hybridized carbons (Fsp3) is 0.250. The van der Waals surface area contributed by atoms with Crippen molar-refractivity contribution in [3.63, 3.8) is 0 Å². The van der Waals surface area contributed by atoms with Gasteiger partial charge in [-0.3, -0.25) is 0 Å². The average Bonchev–Trinajstić information content (AvgIpc) is 1.37. The molecule has 0 nitrogen and oxygen atoms in total. The highest BCUT2D eigenvalue weighted by Crippen LogP contribution is 1.63. The summed E-state index contributed by atoms with van der Waals surface area (Å²) >= 11 is 0. The highest BCUT2D eigenvalue weighted by molar-refractivity contribution is 4.80. The van der Waals surface area contributed by atoms with Crippen LogP contribution in [0.5, 0.6) is 0 Å². The van der Waals surface area contributed by atoms with Gasteiger partial charge in [-0.15, -0.1) is 6.92 Å². The molecule has 0 rings (SSSR count). The zero-order valence-electron chi connectivity index (χ0n) is 2.86. The van der Waals surface area contributed by atoms with E-state index in [0.29, 0.717) is 0 Å². The maximum Gasteiger partial charge on any atom is -0.113 e. The standard InChI is InChI=1S/C4H7/c1-3-4-2/h3-4H,1H2,2H3/q-1. The normalized spacial score (nSPS) is 5.25. The molecule has 0 atom stereocenters. The van der Waals surface area contributed by atoms with Crippen molar-refractivity contribution in [3.05, 3.63) is 19.1 Å².